The topological polar surface area (TPSA) is 25.8 Å². The summed E-state index contributed by atoms with van der Waals surface area (Å²) in [4.78, 5) is 8.33. The molecule has 2 rings (SSSR count). The Balaban J connectivity index is 2.18. The molecular formula is C9H11ClN2. The average Bonchev–Trinajstić information content (AvgIpc) is 2.68. The van der Waals surface area contributed by atoms with Gasteiger partial charge in [-0.2, -0.15) is 0 Å². The van der Waals surface area contributed by atoms with Gasteiger partial charge in [0.1, 0.15) is 11.0 Å². The van der Waals surface area contributed by atoms with Gasteiger partial charge in [0.25, 0.3) is 0 Å². The summed E-state index contributed by atoms with van der Waals surface area (Å²) in [5.41, 5.74) is 1.09. The maximum atomic E-state index is 5.80. The van der Waals surface area contributed by atoms with Crippen molar-refractivity contribution in [1.82, 2.24) is 9.97 Å². The van der Waals surface area contributed by atoms with Crippen LogP contribution in [0.25, 0.3) is 0 Å². The zero-order valence-corrected chi connectivity index (χ0v) is 7.80. The lowest BCUT2D eigenvalue weighted by atomic mass is 10.2. The Bertz CT molecular complexity index is 274. The van der Waals surface area contributed by atoms with E-state index in [4.69, 9.17) is 11.6 Å². The summed E-state index contributed by atoms with van der Waals surface area (Å²) in [7, 11) is 0. The SMILES string of the molecule is Cc1nc(Cl)cc(CC2CC2)n1. The van der Waals surface area contributed by atoms with Gasteiger partial charge in [-0.15, -0.1) is 0 Å². The van der Waals surface area contributed by atoms with E-state index in [1.165, 1.54) is 12.8 Å². The van der Waals surface area contributed by atoms with E-state index in [0.29, 0.717) is 5.15 Å². The van der Waals surface area contributed by atoms with Crippen LogP contribution in [-0.4, -0.2) is 9.97 Å². The highest BCUT2D eigenvalue weighted by molar-refractivity contribution is 6.29. The molecule has 0 N–H and O–H groups in total. The van der Waals surface area contributed by atoms with Crippen molar-refractivity contribution in [2.45, 2.75) is 26.2 Å². The fraction of sp³-hybridized carbons (Fsp3) is 0.556. The highest BCUT2D eigenvalue weighted by Crippen LogP contribution is 2.32. The summed E-state index contributed by atoms with van der Waals surface area (Å²) in [6.07, 6.45) is 3.77. The molecule has 0 radical (unpaired) electrons. The summed E-state index contributed by atoms with van der Waals surface area (Å²) >= 11 is 5.80. The monoisotopic (exact) mass is 182 g/mol. The fourth-order valence-electron chi connectivity index (χ4n) is 1.31. The first-order valence-corrected chi connectivity index (χ1v) is 4.62. The number of aryl methyl sites for hydroxylation is 1. The minimum absolute atomic E-state index is 0.568. The number of halogens is 1. The van der Waals surface area contributed by atoms with Crippen molar-refractivity contribution in [2.24, 2.45) is 5.92 Å². The number of aromatic nitrogens is 2. The molecule has 0 bridgehead atoms. The van der Waals surface area contributed by atoms with Crippen molar-refractivity contribution < 1.29 is 0 Å². The van der Waals surface area contributed by atoms with Gasteiger partial charge in [0.05, 0.1) is 0 Å². The highest BCUT2D eigenvalue weighted by Gasteiger charge is 2.22. The van der Waals surface area contributed by atoms with Gasteiger partial charge in [0.2, 0.25) is 0 Å². The minimum atomic E-state index is 0.568. The number of hydrogen-bond acceptors (Lipinski definition) is 2. The van der Waals surface area contributed by atoms with E-state index >= 15 is 0 Å². The first-order valence-electron chi connectivity index (χ1n) is 4.24. The van der Waals surface area contributed by atoms with Crippen LogP contribution in [0.1, 0.15) is 24.4 Å². The minimum Gasteiger partial charge on any atom is -0.238 e. The van der Waals surface area contributed by atoms with Crippen LogP contribution in [0.5, 0.6) is 0 Å². The van der Waals surface area contributed by atoms with Crippen molar-refractivity contribution >= 4 is 11.6 Å². The molecule has 1 aliphatic carbocycles. The Hall–Kier alpha value is -0.630. The molecule has 0 atom stereocenters. The third-order valence-electron chi connectivity index (χ3n) is 2.05. The lowest BCUT2D eigenvalue weighted by Gasteiger charge is -2.00. The first kappa shape index (κ1) is 7.99. The van der Waals surface area contributed by atoms with Crippen molar-refractivity contribution in [1.29, 1.82) is 0 Å². The fourth-order valence-corrected chi connectivity index (χ4v) is 1.56. The van der Waals surface area contributed by atoms with Gasteiger partial charge in [0.15, 0.2) is 0 Å². The average molecular weight is 183 g/mol. The quantitative estimate of drug-likeness (QED) is 0.657. The molecule has 1 heterocycles. The van der Waals surface area contributed by atoms with Crippen LogP contribution < -0.4 is 0 Å². The Labute approximate surface area is 77.0 Å². The van der Waals surface area contributed by atoms with Gasteiger partial charge in [-0.3, -0.25) is 0 Å². The van der Waals surface area contributed by atoms with Gasteiger partial charge in [0, 0.05) is 5.69 Å². The molecule has 0 aliphatic heterocycles. The van der Waals surface area contributed by atoms with Crippen LogP contribution in [0.4, 0.5) is 0 Å². The van der Waals surface area contributed by atoms with E-state index in [2.05, 4.69) is 9.97 Å². The molecule has 12 heavy (non-hydrogen) atoms. The second-order valence-electron chi connectivity index (χ2n) is 3.38. The van der Waals surface area contributed by atoms with Crippen LogP contribution in [0, 0.1) is 12.8 Å². The number of rotatable bonds is 2. The van der Waals surface area contributed by atoms with Crippen LogP contribution >= 0.6 is 11.6 Å². The Morgan fingerprint density at radius 3 is 2.83 bits per heavy atom. The van der Waals surface area contributed by atoms with E-state index in [-0.39, 0.29) is 0 Å². The second-order valence-corrected chi connectivity index (χ2v) is 3.76. The molecule has 1 aliphatic rings. The number of nitrogens with zero attached hydrogens (tertiary/aromatic N) is 2. The summed E-state index contributed by atoms with van der Waals surface area (Å²) in [5, 5.41) is 0.568. The molecule has 1 aromatic rings. The van der Waals surface area contributed by atoms with Crippen molar-refractivity contribution in [3.05, 3.63) is 22.7 Å². The zero-order valence-electron chi connectivity index (χ0n) is 7.05. The van der Waals surface area contributed by atoms with Gasteiger partial charge in [-0.25, -0.2) is 9.97 Å². The largest absolute Gasteiger partial charge is 0.238 e. The van der Waals surface area contributed by atoms with Crippen LogP contribution in [0.15, 0.2) is 6.07 Å². The molecule has 1 aromatic heterocycles. The maximum Gasteiger partial charge on any atom is 0.133 e. The molecule has 0 spiro atoms. The summed E-state index contributed by atoms with van der Waals surface area (Å²) in [6, 6.07) is 1.87. The molecule has 0 unspecified atom stereocenters. The van der Waals surface area contributed by atoms with E-state index in [1.54, 1.807) is 0 Å². The summed E-state index contributed by atoms with van der Waals surface area (Å²) in [6.45, 7) is 1.88. The highest BCUT2D eigenvalue weighted by atomic mass is 35.5. The van der Waals surface area contributed by atoms with E-state index in [9.17, 15) is 0 Å². The van der Waals surface area contributed by atoms with E-state index < -0.39 is 0 Å². The molecule has 64 valence electrons. The lowest BCUT2D eigenvalue weighted by molar-refractivity contribution is 0.790. The smallest absolute Gasteiger partial charge is 0.133 e. The lowest BCUT2D eigenvalue weighted by Crippen LogP contribution is -1.96. The molecule has 1 fully saturated rings. The second kappa shape index (κ2) is 3.02. The predicted molar refractivity (Wildman–Crippen MR) is 48.2 cm³/mol. The molecule has 1 saturated carbocycles. The zero-order chi connectivity index (χ0) is 8.55. The van der Waals surface area contributed by atoms with E-state index in [0.717, 1.165) is 23.9 Å². The molecule has 0 saturated heterocycles. The van der Waals surface area contributed by atoms with E-state index in [1.807, 2.05) is 13.0 Å². The normalized spacial score (nSPS) is 16.5. The maximum absolute atomic E-state index is 5.80. The standard InChI is InChI=1S/C9H11ClN2/c1-6-11-8(4-7-2-3-7)5-9(10)12-6/h5,7H,2-4H2,1H3. The van der Waals surface area contributed by atoms with Crippen LogP contribution in [0.3, 0.4) is 0 Å². The summed E-state index contributed by atoms with van der Waals surface area (Å²) < 4.78 is 0. The first-order chi connectivity index (χ1) is 5.74. The third kappa shape index (κ3) is 1.95. The van der Waals surface area contributed by atoms with Crippen LogP contribution in [-0.2, 0) is 6.42 Å². The third-order valence-corrected chi connectivity index (χ3v) is 2.25. The number of hydrogen-bond donors (Lipinski definition) is 0. The predicted octanol–water partition coefficient (Wildman–Crippen LogP) is 2.39. The van der Waals surface area contributed by atoms with Crippen molar-refractivity contribution in [3.63, 3.8) is 0 Å². The van der Waals surface area contributed by atoms with Crippen molar-refractivity contribution in [3.8, 4) is 0 Å². The van der Waals surface area contributed by atoms with Gasteiger partial charge in [-0.05, 0) is 38.2 Å². The van der Waals surface area contributed by atoms with Gasteiger partial charge in [-0.1, -0.05) is 11.6 Å². The molecular weight excluding hydrogens is 172 g/mol. The Kier molecular flexibility index (Phi) is 2.01. The molecule has 0 amide bonds. The van der Waals surface area contributed by atoms with Crippen molar-refractivity contribution in [2.75, 3.05) is 0 Å². The molecule has 2 nitrogen and oxygen atoms in total. The van der Waals surface area contributed by atoms with Crippen LogP contribution in [0.2, 0.25) is 5.15 Å². The molecule has 0 aromatic carbocycles. The van der Waals surface area contributed by atoms with Gasteiger partial charge >= 0.3 is 0 Å². The Morgan fingerprint density at radius 2 is 2.25 bits per heavy atom. The molecule has 3 heteroatoms. The summed E-state index contributed by atoms with van der Waals surface area (Å²) in [5.74, 6) is 1.63. The Morgan fingerprint density at radius 1 is 1.50 bits per heavy atom. The van der Waals surface area contributed by atoms with Gasteiger partial charge < -0.3 is 0 Å².